The van der Waals surface area contributed by atoms with Gasteiger partial charge >= 0.3 is 5.63 Å². The molecule has 0 aliphatic carbocycles. The molecule has 170 valence electrons. The third kappa shape index (κ3) is 4.34. The number of carbonyl (C=O) groups is 1. The Morgan fingerprint density at radius 1 is 0.906 bits per heavy atom. The van der Waals surface area contributed by atoms with Crippen molar-refractivity contribution in [2.24, 2.45) is 0 Å². The van der Waals surface area contributed by atoms with Crippen LogP contribution in [0.15, 0.2) is 33.5 Å². The molecule has 0 atom stereocenters. The van der Waals surface area contributed by atoms with E-state index in [1.165, 1.54) is 21.3 Å². The lowest BCUT2D eigenvalue weighted by molar-refractivity contribution is -0.116. The van der Waals surface area contributed by atoms with Crippen molar-refractivity contribution in [1.29, 1.82) is 0 Å². The first-order valence-electron chi connectivity index (χ1n) is 10.0. The van der Waals surface area contributed by atoms with Gasteiger partial charge in [-0.15, -0.1) is 0 Å². The first-order valence-corrected chi connectivity index (χ1v) is 10.0. The Morgan fingerprint density at radius 3 is 2.09 bits per heavy atom. The maximum atomic E-state index is 12.6. The predicted molar refractivity (Wildman–Crippen MR) is 122 cm³/mol. The first kappa shape index (κ1) is 23.0. The highest BCUT2D eigenvalue weighted by Gasteiger charge is 2.17. The zero-order valence-corrected chi connectivity index (χ0v) is 19.1. The molecule has 2 aromatic carbocycles. The molecule has 32 heavy (non-hydrogen) atoms. The number of ether oxygens (including phenoxy) is 4. The normalized spacial score (nSPS) is 10.7. The molecule has 0 saturated carbocycles. The van der Waals surface area contributed by atoms with Crippen molar-refractivity contribution >= 4 is 22.6 Å². The van der Waals surface area contributed by atoms with Gasteiger partial charge in [0, 0.05) is 40.8 Å². The number of anilines is 1. The van der Waals surface area contributed by atoms with E-state index in [1.54, 1.807) is 19.2 Å². The van der Waals surface area contributed by atoms with E-state index >= 15 is 0 Å². The molecule has 3 rings (SSSR count). The minimum atomic E-state index is -0.452. The van der Waals surface area contributed by atoms with Crippen LogP contribution in [-0.4, -0.2) is 34.3 Å². The molecule has 0 spiro atoms. The van der Waals surface area contributed by atoms with Crippen molar-refractivity contribution in [3.05, 3.63) is 51.4 Å². The summed E-state index contributed by atoms with van der Waals surface area (Å²) in [6.07, 6.45) is 0.342. The summed E-state index contributed by atoms with van der Waals surface area (Å²) in [7, 11) is 6.08. The van der Waals surface area contributed by atoms with Crippen LogP contribution in [0, 0.1) is 13.8 Å². The standard InChI is InChI=1S/C24H27NO7/c1-13-16-7-9-18(28-3)14(2)22(16)32-24(27)17(13)8-10-21(26)25-15-11-19(29-4)23(31-6)20(12-15)30-5/h7,9,11-12H,8,10H2,1-6H3,(H,25,26). The van der Waals surface area contributed by atoms with Gasteiger partial charge in [-0.1, -0.05) is 0 Å². The smallest absolute Gasteiger partial charge is 0.339 e. The van der Waals surface area contributed by atoms with Gasteiger partial charge in [-0.25, -0.2) is 4.79 Å². The lowest BCUT2D eigenvalue weighted by atomic mass is 10.00. The Morgan fingerprint density at radius 2 is 1.53 bits per heavy atom. The Labute approximate surface area is 186 Å². The van der Waals surface area contributed by atoms with Gasteiger partial charge < -0.3 is 28.7 Å². The van der Waals surface area contributed by atoms with Crippen LogP contribution >= 0.6 is 0 Å². The SMILES string of the molecule is COc1cc(NC(=O)CCc2c(C)c3ccc(OC)c(C)c3oc2=O)cc(OC)c1OC. The number of benzene rings is 2. The quantitative estimate of drug-likeness (QED) is 0.528. The van der Waals surface area contributed by atoms with E-state index in [9.17, 15) is 9.59 Å². The van der Waals surface area contributed by atoms with E-state index in [0.29, 0.717) is 39.8 Å². The molecule has 0 fully saturated rings. The summed E-state index contributed by atoms with van der Waals surface area (Å²) in [6.45, 7) is 3.70. The molecule has 0 bridgehead atoms. The van der Waals surface area contributed by atoms with Gasteiger partial charge in [0.25, 0.3) is 0 Å². The number of amides is 1. The van der Waals surface area contributed by atoms with E-state index < -0.39 is 5.63 Å². The van der Waals surface area contributed by atoms with Crippen LogP contribution in [0.4, 0.5) is 5.69 Å². The molecule has 1 heterocycles. The van der Waals surface area contributed by atoms with Gasteiger partial charge in [-0.2, -0.15) is 0 Å². The summed E-state index contributed by atoms with van der Waals surface area (Å²) in [6, 6.07) is 6.99. The van der Waals surface area contributed by atoms with Gasteiger partial charge in [0.2, 0.25) is 11.7 Å². The van der Waals surface area contributed by atoms with Gasteiger partial charge in [0.05, 0.1) is 28.4 Å². The fourth-order valence-electron chi connectivity index (χ4n) is 3.70. The summed E-state index contributed by atoms with van der Waals surface area (Å²) >= 11 is 0. The number of methoxy groups -OCH3 is 4. The lowest BCUT2D eigenvalue weighted by Crippen LogP contribution is -2.17. The van der Waals surface area contributed by atoms with Gasteiger partial charge in [0.1, 0.15) is 11.3 Å². The van der Waals surface area contributed by atoms with Crippen molar-refractivity contribution < 1.29 is 28.2 Å². The van der Waals surface area contributed by atoms with Crippen molar-refractivity contribution in [1.82, 2.24) is 0 Å². The highest BCUT2D eigenvalue weighted by molar-refractivity contribution is 5.92. The monoisotopic (exact) mass is 441 g/mol. The molecule has 0 radical (unpaired) electrons. The van der Waals surface area contributed by atoms with Crippen molar-refractivity contribution in [3.8, 4) is 23.0 Å². The second-order valence-electron chi connectivity index (χ2n) is 7.22. The number of carbonyl (C=O) groups excluding carboxylic acids is 1. The summed E-state index contributed by atoms with van der Waals surface area (Å²) in [5, 5.41) is 3.63. The maximum Gasteiger partial charge on any atom is 0.339 e. The number of hydrogen-bond donors (Lipinski definition) is 1. The largest absolute Gasteiger partial charge is 0.496 e. The molecule has 0 aliphatic heterocycles. The fourth-order valence-corrected chi connectivity index (χ4v) is 3.70. The predicted octanol–water partition coefficient (Wildman–Crippen LogP) is 4.02. The van der Waals surface area contributed by atoms with Crippen LogP contribution in [0.5, 0.6) is 23.0 Å². The molecule has 0 unspecified atom stereocenters. The topological polar surface area (TPSA) is 96.2 Å². The van der Waals surface area contributed by atoms with Gasteiger partial charge in [0.15, 0.2) is 11.5 Å². The zero-order valence-electron chi connectivity index (χ0n) is 19.1. The van der Waals surface area contributed by atoms with Crippen LogP contribution in [-0.2, 0) is 11.2 Å². The summed E-state index contributed by atoms with van der Waals surface area (Å²) in [5.41, 5.74) is 2.57. The first-order chi connectivity index (χ1) is 15.3. The number of hydrogen-bond acceptors (Lipinski definition) is 7. The van der Waals surface area contributed by atoms with Crippen molar-refractivity contribution in [2.45, 2.75) is 26.7 Å². The van der Waals surface area contributed by atoms with Crippen LogP contribution in [0.25, 0.3) is 11.0 Å². The molecule has 1 amide bonds. The van der Waals surface area contributed by atoms with Crippen LogP contribution in [0.3, 0.4) is 0 Å². The second-order valence-corrected chi connectivity index (χ2v) is 7.22. The van der Waals surface area contributed by atoms with Crippen LogP contribution in [0.2, 0.25) is 0 Å². The Hall–Kier alpha value is -3.68. The molecule has 1 N–H and O–H groups in total. The minimum absolute atomic E-state index is 0.100. The molecular weight excluding hydrogens is 414 g/mol. The average Bonchev–Trinajstić information content (AvgIpc) is 2.78. The minimum Gasteiger partial charge on any atom is -0.496 e. The van der Waals surface area contributed by atoms with Gasteiger partial charge in [-0.3, -0.25) is 4.79 Å². The third-order valence-corrected chi connectivity index (χ3v) is 5.42. The van der Waals surface area contributed by atoms with E-state index in [2.05, 4.69) is 5.32 Å². The second kappa shape index (κ2) is 9.64. The van der Waals surface area contributed by atoms with Crippen molar-refractivity contribution in [2.75, 3.05) is 33.8 Å². The molecular formula is C24H27NO7. The summed E-state index contributed by atoms with van der Waals surface area (Å²) < 4.78 is 26.8. The van der Waals surface area contributed by atoms with Gasteiger partial charge in [-0.05, 0) is 38.0 Å². The molecule has 8 heteroatoms. The van der Waals surface area contributed by atoms with Crippen LogP contribution < -0.4 is 29.9 Å². The molecule has 0 aliphatic rings. The Bertz CT molecular complexity index is 1190. The summed E-state index contributed by atoms with van der Waals surface area (Å²) in [4.78, 5) is 25.2. The van der Waals surface area contributed by atoms with Crippen LogP contribution in [0.1, 0.15) is 23.1 Å². The number of rotatable bonds is 8. The lowest BCUT2D eigenvalue weighted by Gasteiger charge is -2.15. The van der Waals surface area contributed by atoms with Crippen molar-refractivity contribution in [3.63, 3.8) is 0 Å². The maximum absolute atomic E-state index is 12.6. The number of nitrogens with one attached hydrogen (secondary N) is 1. The highest BCUT2D eigenvalue weighted by atomic mass is 16.5. The molecule has 0 saturated heterocycles. The number of aryl methyl sites for hydroxylation is 2. The third-order valence-electron chi connectivity index (χ3n) is 5.42. The molecule has 3 aromatic rings. The molecule has 1 aromatic heterocycles. The van der Waals surface area contributed by atoms with E-state index in [4.69, 9.17) is 23.4 Å². The summed E-state index contributed by atoms with van der Waals surface area (Å²) in [5.74, 6) is 1.68. The fraction of sp³-hybridized carbons (Fsp3) is 0.333. The zero-order chi connectivity index (χ0) is 23.4. The number of fused-ring (bicyclic) bond motifs is 1. The van der Waals surface area contributed by atoms with E-state index in [1.807, 2.05) is 26.0 Å². The molecule has 8 nitrogen and oxygen atoms in total. The Kier molecular flexibility index (Phi) is 6.92. The Balaban J connectivity index is 1.81. The van der Waals surface area contributed by atoms with E-state index in [-0.39, 0.29) is 18.7 Å². The van der Waals surface area contributed by atoms with E-state index in [0.717, 1.165) is 16.5 Å². The average molecular weight is 441 g/mol. The highest BCUT2D eigenvalue weighted by Crippen LogP contribution is 2.40.